The molecule has 1 fully saturated rings. The van der Waals surface area contributed by atoms with Crippen molar-refractivity contribution in [2.45, 2.75) is 12.5 Å². The van der Waals surface area contributed by atoms with Crippen LogP contribution in [0.4, 0.5) is 0 Å². The number of aromatic nitrogens is 2. The molecular formula is C15H19N3O2S. The molecule has 1 aromatic carbocycles. The van der Waals surface area contributed by atoms with Gasteiger partial charge in [-0.05, 0) is 31.6 Å². The fourth-order valence-electron chi connectivity index (χ4n) is 2.32. The normalized spacial score (nSPS) is 18.8. The minimum absolute atomic E-state index is 0.0503. The molecule has 0 saturated carbocycles. The summed E-state index contributed by atoms with van der Waals surface area (Å²) in [6, 6.07) is 8.16. The number of hydrogen-bond acceptors (Lipinski definition) is 6. The summed E-state index contributed by atoms with van der Waals surface area (Å²) in [5.74, 6) is 3.16. The van der Waals surface area contributed by atoms with Crippen molar-refractivity contribution in [1.29, 1.82) is 0 Å². The third-order valence-corrected chi connectivity index (χ3v) is 4.43. The van der Waals surface area contributed by atoms with Crippen LogP contribution in [0.1, 0.15) is 17.5 Å². The second kappa shape index (κ2) is 7.06. The van der Waals surface area contributed by atoms with Gasteiger partial charge in [0.2, 0.25) is 5.82 Å². The first-order valence-electron chi connectivity index (χ1n) is 7.14. The number of benzene rings is 1. The van der Waals surface area contributed by atoms with Gasteiger partial charge in [0.25, 0.3) is 5.89 Å². The predicted octanol–water partition coefficient (Wildman–Crippen LogP) is 2.30. The SMILES string of the molecule is CNCCc1ccccc1-c1nc(C2CSCCO2)no1. The Labute approximate surface area is 128 Å². The van der Waals surface area contributed by atoms with Crippen LogP contribution in [0, 0.1) is 0 Å². The molecule has 0 bridgehead atoms. The lowest BCUT2D eigenvalue weighted by atomic mass is 10.0. The van der Waals surface area contributed by atoms with Crippen LogP contribution in [0.5, 0.6) is 0 Å². The molecule has 6 heteroatoms. The highest BCUT2D eigenvalue weighted by molar-refractivity contribution is 7.99. The lowest BCUT2D eigenvalue weighted by Gasteiger charge is -2.18. The number of nitrogens with one attached hydrogen (secondary N) is 1. The smallest absolute Gasteiger partial charge is 0.258 e. The van der Waals surface area contributed by atoms with Gasteiger partial charge in [0.15, 0.2) is 0 Å². The second-order valence-electron chi connectivity index (χ2n) is 4.90. The zero-order chi connectivity index (χ0) is 14.5. The van der Waals surface area contributed by atoms with Crippen molar-refractivity contribution >= 4 is 11.8 Å². The van der Waals surface area contributed by atoms with Crippen molar-refractivity contribution in [2.75, 3.05) is 31.7 Å². The molecule has 0 aliphatic carbocycles. The first-order valence-corrected chi connectivity index (χ1v) is 8.30. The number of ether oxygens (including phenoxy) is 1. The van der Waals surface area contributed by atoms with E-state index in [1.165, 1.54) is 5.56 Å². The van der Waals surface area contributed by atoms with E-state index >= 15 is 0 Å². The van der Waals surface area contributed by atoms with Gasteiger partial charge in [-0.3, -0.25) is 0 Å². The van der Waals surface area contributed by atoms with Gasteiger partial charge >= 0.3 is 0 Å². The molecule has 1 aliphatic rings. The van der Waals surface area contributed by atoms with E-state index in [1.807, 2.05) is 37.0 Å². The van der Waals surface area contributed by atoms with E-state index in [1.54, 1.807) is 0 Å². The van der Waals surface area contributed by atoms with Crippen LogP contribution >= 0.6 is 11.8 Å². The molecular weight excluding hydrogens is 286 g/mol. The lowest BCUT2D eigenvalue weighted by molar-refractivity contribution is 0.0677. The highest BCUT2D eigenvalue weighted by atomic mass is 32.2. The molecule has 1 unspecified atom stereocenters. The summed E-state index contributed by atoms with van der Waals surface area (Å²) in [4.78, 5) is 4.54. The molecule has 0 spiro atoms. The van der Waals surface area contributed by atoms with Gasteiger partial charge in [0, 0.05) is 17.1 Å². The Kier molecular flexibility index (Phi) is 4.90. The molecule has 1 N–H and O–H groups in total. The average molecular weight is 305 g/mol. The minimum atomic E-state index is -0.0503. The third-order valence-electron chi connectivity index (χ3n) is 3.44. The van der Waals surface area contributed by atoms with Gasteiger partial charge in [-0.25, -0.2) is 0 Å². The van der Waals surface area contributed by atoms with Crippen LogP contribution < -0.4 is 5.32 Å². The number of nitrogens with zero attached hydrogens (tertiary/aromatic N) is 2. The molecule has 1 saturated heterocycles. The van der Waals surface area contributed by atoms with Gasteiger partial charge in [-0.15, -0.1) is 0 Å². The first-order chi connectivity index (χ1) is 10.4. The Morgan fingerprint density at radius 3 is 3.10 bits per heavy atom. The second-order valence-corrected chi connectivity index (χ2v) is 6.05. The number of thioether (sulfide) groups is 1. The lowest BCUT2D eigenvalue weighted by Crippen LogP contribution is -2.16. The molecule has 21 heavy (non-hydrogen) atoms. The summed E-state index contributed by atoms with van der Waals surface area (Å²) in [6.45, 7) is 1.67. The predicted molar refractivity (Wildman–Crippen MR) is 83.4 cm³/mol. The Hall–Kier alpha value is -1.37. The van der Waals surface area contributed by atoms with E-state index in [-0.39, 0.29) is 6.10 Å². The summed E-state index contributed by atoms with van der Waals surface area (Å²) < 4.78 is 11.1. The molecule has 0 amide bonds. The largest absolute Gasteiger partial charge is 0.368 e. The zero-order valence-electron chi connectivity index (χ0n) is 12.0. The molecule has 1 aromatic heterocycles. The van der Waals surface area contributed by atoms with Crippen molar-refractivity contribution < 1.29 is 9.26 Å². The molecule has 3 rings (SSSR count). The Bertz CT molecular complexity index is 582. The van der Waals surface area contributed by atoms with Crippen LogP contribution in [-0.4, -0.2) is 41.8 Å². The van der Waals surface area contributed by atoms with E-state index in [9.17, 15) is 0 Å². The first kappa shape index (κ1) is 14.6. The van der Waals surface area contributed by atoms with Gasteiger partial charge < -0.3 is 14.6 Å². The maximum absolute atomic E-state index is 5.69. The van der Waals surface area contributed by atoms with Gasteiger partial charge in [-0.1, -0.05) is 23.4 Å². The Balaban J connectivity index is 1.82. The standard InChI is InChI=1S/C15H19N3O2S/c1-16-7-6-11-4-2-3-5-12(11)15-17-14(18-20-15)13-10-21-9-8-19-13/h2-5,13,16H,6-10H2,1H3. The highest BCUT2D eigenvalue weighted by Gasteiger charge is 2.23. The fraction of sp³-hybridized carbons (Fsp3) is 0.467. The summed E-state index contributed by atoms with van der Waals surface area (Å²) in [6.07, 6.45) is 0.880. The summed E-state index contributed by atoms with van der Waals surface area (Å²) in [5, 5.41) is 7.26. The van der Waals surface area contributed by atoms with Crippen molar-refractivity contribution in [3.05, 3.63) is 35.7 Å². The van der Waals surface area contributed by atoms with Crippen molar-refractivity contribution in [1.82, 2.24) is 15.5 Å². The highest BCUT2D eigenvalue weighted by Crippen LogP contribution is 2.28. The van der Waals surface area contributed by atoms with Crippen molar-refractivity contribution in [3.63, 3.8) is 0 Å². The fourth-order valence-corrected chi connectivity index (χ4v) is 3.16. The summed E-state index contributed by atoms with van der Waals surface area (Å²) in [7, 11) is 1.95. The van der Waals surface area contributed by atoms with Crippen LogP contribution in [0.25, 0.3) is 11.5 Å². The molecule has 5 nitrogen and oxygen atoms in total. The molecule has 2 heterocycles. The summed E-state index contributed by atoms with van der Waals surface area (Å²) in [5.41, 5.74) is 2.22. The quantitative estimate of drug-likeness (QED) is 0.914. The molecule has 1 atom stereocenters. The zero-order valence-corrected chi connectivity index (χ0v) is 12.9. The van der Waals surface area contributed by atoms with E-state index in [2.05, 4.69) is 21.5 Å². The summed E-state index contributed by atoms with van der Waals surface area (Å²) >= 11 is 1.86. The molecule has 112 valence electrons. The van der Waals surface area contributed by atoms with Crippen LogP contribution in [0.2, 0.25) is 0 Å². The monoisotopic (exact) mass is 305 g/mol. The van der Waals surface area contributed by atoms with Crippen LogP contribution in [-0.2, 0) is 11.2 Å². The average Bonchev–Trinajstić information content (AvgIpc) is 3.04. The minimum Gasteiger partial charge on any atom is -0.368 e. The van der Waals surface area contributed by atoms with E-state index in [0.717, 1.165) is 36.6 Å². The Morgan fingerprint density at radius 1 is 1.38 bits per heavy atom. The maximum Gasteiger partial charge on any atom is 0.258 e. The van der Waals surface area contributed by atoms with Gasteiger partial charge in [0.05, 0.1) is 6.61 Å². The topological polar surface area (TPSA) is 60.2 Å². The molecule has 0 radical (unpaired) electrons. The van der Waals surface area contributed by atoms with E-state index in [0.29, 0.717) is 11.7 Å². The van der Waals surface area contributed by atoms with E-state index in [4.69, 9.17) is 9.26 Å². The number of rotatable bonds is 5. The van der Waals surface area contributed by atoms with Crippen molar-refractivity contribution in [3.8, 4) is 11.5 Å². The van der Waals surface area contributed by atoms with Crippen molar-refractivity contribution in [2.24, 2.45) is 0 Å². The third kappa shape index (κ3) is 3.45. The van der Waals surface area contributed by atoms with Crippen LogP contribution in [0.15, 0.2) is 28.8 Å². The Morgan fingerprint density at radius 2 is 2.29 bits per heavy atom. The van der Waals surface area contributed by atoms with Gasteiger partial charge in [-0.2, -0.15) is 16.7 Å². The van der Waals surface area contributed by atoms with E-state index < -0.39 is 0 Å². The van der Waals surface area contributed by atoms with Gasteiger partial charge in [0.1, 0.15) is 6.10 Å². The molecule has 2 aromatic rings. The van der Waals surface area contributed by atoms with Crippen LogP contribution in [0.3, 0.4) is 0 Å². The molecule has 1 aliphatic heterocycles. The maximum atomic E-state index is 5.69. The number of likely N-dealkylation sites (N-methyl/N-ethyl adjacent to an activating group) is 1. The number of hydrogen-bond donors (Lipinski definition) is 1.